The highest BCUT2D eigenvalue weighted by molar-refractivity contribution is 7.09. The minimum Gasteiger partial charge on any atom is -0.342 e. The minimum absolute atomic E-state index is 0.238. The molecule has 1 aliphatic heterocycles. The molecule has 13 heavy (non-hydrogen) atoms. The average molecular weight is 196 g/mol. The lowest BCUT2D eigenvalue weighted by atomic mass is 10.0. The number of carbonyl (C=O) groups is 1. The second-order valence-corrected chi connectivity index (χ2v) is 4.52. The van der Waals surface area contributed by atoms with Gasteiger partial charge in [0.1, 0.15) is 0 Å². The molecule has 3 nitrogen and oxygen atoms in total. The van der Waals surface area contributed by atoms with Gasteiger partial charge in [0.25, 0.3) is 0 Å². The molecule has 1 amide bonds. The first-order valence-electron chi connectivity index (χ1n) is 4.41. The Morgan fingerprint density at radius 3 is 3.08 bits per heavy atom. The largest absolute Gasteiger partial charge is 0.342 e. The van der Waals surface area contributed by atoms with E-state index in [0.717, 1.165) is 18.0 Å². The van der Waals surface area contributed by atoms with Crippen molar-refractivity contribution in [3.8, 4) is 0 Å². The van der Waals surface area contributed by atoms with Crippen LogP contribution in [0.5, 0.6) is 0 Å². The summed E-state index contributed by atoms with van der Waals surface area (Å²) in [6, 6.07) is 0. The van der Waals surface area contributed by atoms with Crippen LogP contribution in [-0.2, 0) is 11.2 Å². The molecule has 0 unspecified atom stereocenters. The molecule has 2 heterocycles. The van der Waals surface area contributed by atoms with Crippen molar-refractivity contribution in [3.63, 3.8) is 0 Å². The van der Waals surface area contributed by atoms with Crippen LogP contribution in [0.3, 0.4) is 0 Å². The van der Waals surface area contributed by atoms with Crippen molar-refractivity contribution in [1.82, 2.24) is 9.88 Å². The summed E-state index contributed by atoms with van der Waals surface area (Å²) in [7, 11) is 0. The lowest BCUT2D eigenvalue weighted by Gasteiger charge is -2.37. The lowest BCUT2D eigenvalue weighted by Crippen LogP contribution is -2.49. The summed E-state index contributed by atoms with van der Waals surface area (Å²) in [6.45, 7) is 4.02. The number of hydrogen-bond donors (Lipinski definition) is 0. The van der Waals surface area contributed by atoms with E-state index in [2.05, 4.69) is 11.9 Å². The van der Waals surface area contributed by atoms with Crippen LogP contribution in [0.25, 0.3) is 0 Å². The Balaban J connectivity index is 1.86. The summed E-state index contributed by atoms with van der Waals surface area (Å²) in [5.41, 5.74) is 1.77. The fraction of sp³-hybridized carbons (Fsp3) is 0.556. The third kappa shape index (κ3) is 1.88. The molecule has 1 aromatic rings. The predicted molar refractivity (Wildman–Crippen MR) is 51.6 cm³/mol. The van der Waals surface area contributed by atoms with Crippen molar-refractivity contribution in [2.45, 2.75) is 13.3 Å². The Hall–Kier alpha value is -0.900. The van der Waals surface area contributed by atoms with E-state index in [1.54, 1.807) is 23.0 Å². The van der Waals surface area contributed by atoms with Gasteiger partial charge in [0.05, 0.1) is 11.9 Å². The van der Waals surface area contributed by atoms with Gasteiger partial charge in [0.2, 0.25) is 5.91 Å². The summed E-state index contributed by atoms with van der Waals surface area (Å²) in [5.74, 6) is 0.924. The number of aromatic nitrogens is 1. The fourth-order valence-corrected chi connectivity index (χ4v) is 2.08. The van der Waals surface area contributed by atoms with Gasteiger partial charge in [-0.05, 0) is 5.92 Å². The third-order valence-corrected chi connectivity index (χ3v) is 3.01. The minimum atomic E-state index is 0.238. The monoisotopic (exact) mass is 196 g/mol. The topological polar surface area (TPSA) is 33.2 Å². The Kier molecular flexibility index (Phi) is 2.31. The zero-order valence-electron chi connectivity index (χ0n) is 7.56. The normalized spacial score (nSPS) is 17.2. The molecular weight excluding hydrogens is 184 g/mol. The van der Waals surface area contributed by atoms with Crippen molar-refractivity contribution >= 4 is 17.2 Å². The number of thiazole rings is 1. The molecule has 0 N–H and O–H groups in total. The Morgan fingerprint density at radius 1 is 1.77 bits per heavy atom. The van der Waals surface area contributed by atoms with E-state index in [9.17, 15) is 4.79 Å². The third-order valence-electron chi connectivity index (χ3n) is 2.23. The molecule has 0 aromatic carbocycles. The Bertz CT molecular complexity index is 291. The van der Waals surface area contributed by atoms with E-state index in [4.69, 9.17) is 0 Å². The number of likely N-dealkylation sites (tertiary alicyclic amines) is 1. The standard InChI is InChI=1S/C9H12N2OS/c1-7-4-11(5-7)9(12)2-8-3-10-6-13-8/h3,6-7H,2,4-5H2,1H3. The zero-order valence-corrected chi connectivity index (χ0v) is 8.38. The second kappa shape index (κ2) is 3.46. The van der Waals surface area contributed by atoms with Crippen LogP contribution in [-0.4, -0.2) is 28.9 Å². The van der Waals surface area contributed by atoms with E-state index in [0.29, 0.717) is 12.3 Å². The maximum Gasteiger partial charge on any atom is 0.227 e. The highest BCUT2D eigenvalue weighted by Gasteiger charge is 2.26. The van der Waals surface area contributed by atoms with Crippen LogP contribution in [0.4, 0.5) is 0 Å². The summed E-state index contributed by atoms with van der Waals surface area (Å²) in [6.07, 6.45) is 2.29. The molecule has 2 rings (SSSR count). The molecule has 0 radical (unpaired) electrons. The average Bonchev–Trinajstić information content (AvgIpc) is 2.51. The Labute approximate surface area is 81.4 Å². The number of rotatable bonds is 2. The Morgan fingerprint density at radius 2 is 2.54 bits per heavy atom. The van der Waals surface area contributed by atoms with Gasteiger partial charge in [-0.25, -0.2) is 0 Å². The summed E-state index contributed by atoms with van der Waals surface area (Å²) in [4.78, 5) is 18.5. The number of nitrogens with zero attached hydrogens (tertiary/aromatic N) is 2. The predicted octanol–water partition coefficient (Wildman–Crippen LogP) is 1.16. The lowest BCUT2D eigenvalue weighted by molar-refractivity contribution is -0.136. The van der Waals surface area contributed by atoms with E-state index < -0.39 is 0 Å². The van der Waals surface area contributed by atoms with E-state index in [-0.39, 0.29) is 5.91 Å². The van der Waals surface area contributed by atoms with Crippen molar-refractivity contribution < 1.29 is 4.79 Å². The highest BCUT2D eigenvalue weighted by Crippen LogP contribution is 2.16. The van der Waals surface area contributed by atoms with Gasteiger partial charge in [0.15, 0.2) is 0 Å². The molecule has 0 bridgehead atoms. The van der Waals surface area contributed by atoms with E-state index in [1.165, 1.54) is 0 Å². The van der Waals surface area contributed by atoms with Gasteiger partial charge in [-0.2, -0.15) is 0 Å². The molecule has 1 aliphatic rings. The van der Waals surface area contributed by atoms with Crippen molar-refractivity contribution in [3.05, 3.63) is 16.6 Å². The van der Waals surface area contributed by atoms with Crippen molar-refractivity contribution in [1.29, 1.82) is 0 Å². The molecule has 1 fully saturated rings. The molecule has 0 atom stereocenters. The summed E-state index contributed by atoms with van der Waals surface area (Å²) < 4.78 is 0. The number of carbonyl (C=O) groups excluding carboxylic acids is 1. The van der Waals surface area contributed by atoms with Gasteiger partial charge in [0, 0.05) is 24.2 Å². The summed E-state index contributed by atoms with van der Waals surface area (Å²) >= 11 is 1.55. The first-order valence-corrected chi connectivity index (χ1v) is 5.29. The maximum absolute atomic E-state index is 11.5. The van der Waals surface area contributed by atoms with Crippen LogP contribution in [0, 0.1) is 5.92 Å². The van der Waals surface area contributed by atoms with Crippen LogP contribution < -0.4 is 0 Å². The first-order chi connectivity index (χ1) is 6.25. The van der Waals surface area contributed by atoms with Gasteiger partial charge in [-0.1, -0.05) is 6.92 Å². The highest BCUT2D eigenvalue weighted by atomic mass is 32.1. The number of hydrogen-bond acceptors (Lipinski definition) is 3. The van der Waals surface area contributed by atoms with E-state index in [1.807, 2.05) is 4.90 Å². The van der Waals surface area contributed by atoms with Crippen LogP contribution in [0.15, 0.2) is 11.7 Å². The zero-order chi connectivity index (χ0) is 9.26. The summed E-state index contributed by atoms with van der Waals surface area (Å²) in [5, 5.41) is 0. The molecule has 0 spiro atoms. The molecule has 4 heteroatoms. The van der Waals surface area contributed by atoms with Gasteiger partial charge < -0.3 is 4.90 Å². The van der Waals surface area contributed by atoms with Gasteiger partial charge in [-0.15, -0.1) is 11.3 Å². The van der Waals surface area contributed by atoms with Crippen molar-refractivity contribution in [2.24, 2.45) is 5.92 Å². The molecule has 1 saturated heterocycles. The second-order valence-electron chi connectivity index (χ2n) is 3.55. The fourth-order valence-electron chi connectivity index (χ4n) is 1.49. The molecule has 0 saturated carbocycles. The number of amides is 1. The smallest absolute Gasteiger partial charge is 0.227 e. The van der Waals surface area contributed by atoms with Crippen LogP contribution in [0.1, 0.15) is 11.8 Å². The van der Waals surface area contributed by atoms with Crippen LogP contribution >= 0.6 is 11.3 Å². The quantitative estimate of drug-likeness (QED) is 0.711. The molecule has 70 valence electrons. The maximum atomic E-state index is 11.5. The molecular formula is C9H12N2OS. The van der Waals surface area contributed by atoms with Gasteiger partial charge in [-0.3, -0.25) is 9.78 Å². The van der Waals surface area contributed by atoms with Gasteiger partial charge >= 0.3 is 0 Å². The van der Waals surface area contributed by atoms with Crippen LogP contribution in [0.2, 0.25) is 0 Å². The van der Waals surface area contributed by atoms with E-state index >= 15 is 0 Å². The SMILES string of the molecule is CC1CN(C(=O)Cc2cncs2)C1. The molecule has 1 aromatic heterocycles. The molecule has 0 aliphatic carbocycles. The van der Waals surface area contributed by atoms with Crippen molar-refractivity contribution in [2.75, 3.05) is 13.1 Å². The first kappa shape index (κ1) is 8.69.